The molecular formula is C35H49F3O3. The van der Waals surface area contributed by atoms with Crippen LogP contribution < -0.4 is 9.47 Å². The summed E-state index contributed by atoms with van der Waals surface area (Å²) in [6.45, 7) is 9.62. The van der Waals surface area contributed by atoms with E-state index in [1.165, 1.54) is 32.1 Å². The summed E-state index contributed by atoms with van der Waals surface area (Å²) in [6, 6.07) is 5.09. The number of hydrogen-bond acceptors (Lipinski definition) is 3. The van der Waals surface area contributed by atoms with Crippen molar-refractivity contribution in [1.29, 1.82) is 0 Å². The third-order valence-corrected chi connectivity index (χ3v) is 9.08. The molecule has 2 aromatic carbocycles. The Bertz CT molecular complexity index is 1120. The maximum Gasteiger partial charge on any atom is 0.207 e. The van der Waals surface area contributed by atoms with Crippen LogP contribution in [-0.2, 0) is 17.6 Å². The largest absolute Gasteiger partial charge is 0.490 e. The SMILES string of the molecule is CC.CCCC1CCC(COc2ccc3c(c2F)Oc2c(cc(CCC4CCC(CCC)CO4)c(F)c2F)C3)CC1. The third-order valence-electron chi connectivity index (χ3n) is 9.08. The zero-order valence-corrected chi connectivity index (χ0v) is 25.5. The summed E-state index contributed by atoms with van der Waals surface area (Å²) >= 11 is 0. The number of ether oxygens (including phenoxy) is 3. The van der Waals surface area contributed by atoms with Crippen LogP contribution in [0.25, 0.3) is 0 Å². The van der Waals surface area contributed by atoms with Crippen molar-refractivity contribution in [3.8, 4) is 17.2 Å². The predicted octanol–water partition coefficient (Wildman–Crippen LogP) is 10.3. The highest BCUT2D eigenvalue weighted by molar-refractivity contribution is 5.54. The maximum atomic E-state index is 15.4. The van der Waals surface area contributed by atoms with Crippen molar-refractivity contribution in [1.82, 2.24) is 0 Å². The summed E-state index contributed by atoms with van der Waals surface area (Å²) in [5, 5.41) is 0. The van der Waals surface area contributed by atoms with Gasteiger partial charge in [-0.15, -0.1) is 0 Å². The van der Waals surface area contributed by atoms with Crippen LogP contribution in [0.1, 0.15) is 115 Å². The van der Waals surface area contributed by atoms with E-state index in [4.69, 9.17) is 14.2 Å². The topological polar surface area (TPSA) is 27.7 Å². The number of benzene rings is 2. The van der Waals surface area contributed by atoms with Crippen molar-refractivity contribution in [2.75, 3.05) is 13.2 Å². The molecule has 2 unspecified atom stereocenters. The molecule has 0 N–H and O–H groups in total. The van der Waals surface area contributed by atoms with Crippen molar-refractivity contribution < 1.29 is 27.4 Å². The Hall–Kier alpha value is -2.21. The minimum absolute atomic E-state index is 0.0602. The first-order chi connectivity index (χ1) is 20.0. The molecule has 0 spiro atoms. The molecule has 0 amide bonds. The molecule has 1 saturated heterocycles. The number of fused-ring (bicyclic) bond motifs is 2. The van der Waals surface area contributed by atoms with Gasteiger partial charge in [0.1, 0.15) is 0 Å². The molecule has 228 valence electrons. The number of aryl methyl sites for hydroxylation is 1. The normalized spacial score (nSPS) is 23.5. The fourth-order valence-corrected chi connectivity index (χ4v) is 6.73. The molecule has 6 heteroatoms. The molecule has 1 saturated carbocycles. The average Bonchev–Trinajstić information content (AvgIpc) is 3.00. The third kappa shape index (κ3) is 7.80. The summed E-state index contributed by atoms with van der Waals surface area (Å²) in [7, 11) is 0. The van der Waals surface area contributed by atoms with Crippen LogP contribution in [0, 0.1) is 35.2 Å². The molecule has 1 aliphatic carbocycles. The minimum atomic E-state index is -1.05. The standard InChI is InChI=1S/C33H43F3O3.C2H6/c1-3-5-21-7-9-23(10-8-21)20-38-28-16-13-25-18-26-17-24(12-15-27-14-11-22(6-4-2)19-37-27)29(34)31(36)33(26)39-32(25)30(28)35;1-2/h13,16-17,21-23,27H,3-12,14-15,18-20H2,1-2H3;1-2H3. The van der Waals surface area contributed by atoms with Crippen molar-refractivity contribution in [2.24, 2.45) is 17.8 Å². The van der Waals surface area contributed by atoms with E-state index in [1.807, 2.05) is 13.8 Å². The first-order valence-corrected chi connectivity index (χ1v) is 16.2. The molecule has 3 nitrogen and oxygen atoms in total. The molecule has 0 aromatic heterocycles. The molecule has 3 aliphatic rings. The molecule has 2 aliphatic heterocycles. The Morgan fingerprint density at radius 3 is 2.10 bits per heavy atom. The number of halogens is 3. The first-order valence-electron chi connectivity index (χ1n) is 16.2. The smallest absolute Gasteiger partial charge is 0.207 e. The second-order valence-corrected chi connectivity index (χ2v) is 12.0. The Balaban J connectivity index is 0.00000189. The van der Waals surface area contributed by atoms with Crippen molar-refractivity contribution in [2.45, 2.75) is 117 Å². The highest BCUT2D eigenvalue weighted by Gasteiger charge is 2.30. The minimum Gasteiger partial charge on any atom is -0.490 e. The summed E-state index contributed by atoms with van der Waals surface area (Å²) < 4.78 is 63.2. The maximum absolute atomic E-state index is 15.4. The van der Waals surface area contributed by atoms with Gasteiger partial charge in [-0.25, -0.2) is 4.39 Å². The van der Waals surface area contributed by atoms with Crippen molar-refractivity contribution in [3.63, 3.8) is 0 Å². The highest BCUT2D eigenvalue weighted by atomic mass is 19.2. The first kappa shape index (κ1) is 31.7. The van der Waals surface area contributed by atoms with Crippen LogP contribution in [0.3, 0.4) is 0 Å². The van der Waals surface area contributed by atoms with Gasteiger partial charge in [0.05, 0.1) is 12.7 Å². The molecule has 0 bridgehead atoms. The summed E-state index contributed by atoms with van der Waals surface area (Å²) in [6.07, 6.45) is 12.9. The number of hydrogen-bond donors (Lipinski definition) is 0. The van der Waals surface area contributed by atoms with E-state index in [0.29, 0.717) is 48.0 Å². The van der Waals surface area contributed by atoms with E-state index in [2.05, 4.69) is 13.8 Å². The van der Waals surface area contributed by atoms with Crippen molar-refractivity contribution >= 4 is 0 Å². The van der Waals surface area contributed by atoms with Gasteiger partial charge in [0.2, 0.25) is 11.6 Å². The molecule has 0 radical (unpaired) electrons. The summed E-state index contributed by atoms with van der Waals surface area (Å²) in [5.41, 5.74) is 1.48. The Morgan fingerprint density at radius 1 is 0.756 bits per heavy atom. The average molecular weight is 575 g/mol. The van der Waals surface area contributed by atoms with Crippen LogP contribution in [0.4, 0.5) is 13.2 Å². The Labute approximate surface area is 245 Å². The van der Waals surface area contributed by atoms with Crippen LogP contribution >= 0.6 is 0 Å². The predicted molar refractivity (Wildman–Crippen MR) is 159 cm³/mol. The molecular weight excluding hydrogens is 525 g/mol. The van der Waals surface area contributed by atoms with Crippen LogP contribution in [0.5, 0.6) is 17.2 Å². The van der Waals surface area contributed by atoms with Gasteiger partial charge in [-0.1, -0.05) is 65.9 Å². The van der Waals surface area contributed by atoms with Gasteiger partial charge in [0, 0.05) is 24.2 Å². The molecule has 41 heavy (non-hydrogen) atoms. The fourth-order valence-electron chi connectivity index (χ4n) is 6.73. The Kier molecular flexibility index (Phi) is 11.8. The summed E-state index contributed by atoms with van der Waals surface area (Å²) in [5.74, 6) is -0.944. The lowest BCUT2D eigenvalue weighted by Crippen LogP contribution is -2.26. The van der Waals surface area contributed by atoms with Crippen LogP contribution in [0.15, 0.2) is 18.2 Å². The molecule has 2 fully saturated rings. The number of rotatable bonds is 10. The molecule has 2 atom stereocenters. The molecule has 2 heterocycles. The quantitative estimate of drug-likeness (QED) is 0.241. The van der Waals surface area contributed by atoms with Crippen LogP contribution in [-0.4, -0.2) is 19.3 Å². The lowest BCUT2D eigenvalue weighted by molar-refractivity contribution is -0.0216. The van der Waals surface area contributed by atoms with E-state index in [-0.39, 0.29) is 29.8 Å². The Morgan fingerprint density at radius 2 is 1.41 bits per heavy atom. The summed E-state index contributed by atoms with van der Waals surface area (Å²) in [4.78, 5) is 0. The second-order valence-electron chi connectivity index (χ2n) is 12.0. The van der Waals surface area contributed by atoms with E-state index in [0.717, 1.165) is 44.6 Å². The van der Waals surface area contributed by atoms with Gasteiger partial charge < -0.3 is 14.2 Å². The van der Waals surface area contributed by atoms with Gasteiger partial charge in [0.25, 0.3) is 0 Å². The molecule has 5 rings (SSSR count). The van der Waals surface area contributed by atoms with Crippen LogP contribution in [0.2, 0.25) is 0 Å². The highest BCUT2D eigenvalue weighted by Crippen LogP contribution is 2.44. The lowest BCUT2D eigenvalue weighted by Gasteiger charge is -2.29. The van der Waals surface area contributed by atoms with Gasteiger partial charge in [0.15, 0.2) is 23.1 Å². The van der Waals surface area contributed by atoms with E-state index in [9.17, 15) is 0 Å². The van der Waals surface area contributed by atoms with E-state index in [1.54, 1.807) is 18.2 Å². The second kappa shape index (κ2) is 15.3. The fraction of sp³-hybridized carbons (Fsp3) is 0.657. The van der Waals surface area contributed by atoms with Gasteiger partial charge in [-0.2, -0.15) is 8.78 Å². The zero-order chi connectivity index (χ0) is 29.4. The van der Waals surface area contributed by atoms with Gasteiger partial charge >= 0.3 is 0 Å². The lowest BCUT2D eigenvalue weighted by atomic mass is 9.80. The zero-order valence-electron chi connectivity index (χ0n) is 25.5. The van der Waals surface area contributed by atoms with Crippen molar-refractivity contribution in [3.05, 3.63) is 52.3 Å². The van der Waals surface area contributed by atoms with Gasteiger partial charge in [-0.05, 0) is 80.4 Å². The van der Waals surface area contributed by atoms with E-state index >= 15 is 13.2 Å². The molecule has 2 aromatic rings. The van der Waals surface area contributed by atoms with Gasteiger partial charge in [-0.3, -0.25) is 0 Å². The van der Waals surface area contributed by atoms with E-state index < -0.39 is 17.5 Å². The monoisotopic (exact) mass is 574 g/mol.